The fourth-order valence-electron chi connectivity index (χ4n) is 2.26. The van der Waals surface area contributed by atoms with E-state index in [-0.39, 0.29) is 0 Å². The van der Waals surface area contributed by atoms with E-state index in [1.54, 1.807) is 12.4 Å². The lowest BCUT2D eigenvalue weighted by molar-refractivity contribution is 0.661. The molecule has 0 unspecified atom stereocenters. The minimum Gasteiger partial charge on any atom is -0.397 e. The summed E-state index contributed by atoms with van der Waals surface area (Å²) in [5, 5.41) is 4.51. The molecule has 0 amide bonds. The summed E-state index contributed by atoms with van der Waals surface area (Å²) in [5.74, 6) is 0. The number of pyridine rings is 1. The predicted octanol–water partition coefficient (Wildman–Crippen LogP) is 2.52. The Morgan fingerprint density at radius 1 is 1.20 bits per heavy atom. The molecule has 0 aliphatic rings. The SMILES string of the molecule is Nc1cccc2c(NCCCn3ccnc3)ccnc12. The molecule has 0 bridgehead atoms. The van der Waals surface area contributed by atoms with E-state index in [1.807, 2.05) is 36.8 Å². The maximum absolute atomic E-state index is 5.94. The highest BCUT2D eigenvalue weighted by Gasteiger charge is 2.03. The number of hydrogen-bond acceptors (Lipinski definition) is 4. The van der Waals surface area contributed by atoms with Crippen LogP contribution in [-0.4, -0.2) is 21.1 Å². The first kappa shape index (κ1) is 12.5. The van der Waals surface area contributed by atoms with Crippen molar-refractivity contribution in [2.24, 2.45) is 0 Å². The first-order valence-electron chi connectivity index (χ1n) is 6.67. The van der Waals surface area contributed by atoms with Gasteiger partial charge in [-0.25, -0.2) is 4.98 Å². The fraction of sp³-hybridized carbons (Fsp3) is 0.200. The van der Waals surface area contributed by atoms with Gasteiger partial charge in [-0.05, 0) is 18.6 Å². The Labute approximate surface area is 117 Å². The van der Waals surface area contributed by atoms with E-state index in [2.05, 4.69) is 19.9 Å². The summed E-state index contributed by atoms with van der Waals surface area (Å²) >= 11 is 0. The van der Waals surface area contributed by atoms with E-state index in [0.29, 0.717) is 5.69 Å². The number of para-hydroxylation sites is 1. The predicted molar refractivity (Wildman–Crippen MR) is 81.5 cm³/mol. The number of aryl methyl sites for hydroxylation is 1. The van der Waals surface area contributed by atoms with Crippen LogP contribution >= 0.6 is 0 Å². The summed E-state index contributed by atoms with van der Waals surface area (Å²) in [7, 11) is 0. The monoisotopic (exact) mass is 267 g/mol. The first-order chi connectivity index (χ1) is 9.84. The second kappa shape index (κ2) is 5.61. The van der Waals surface area contributed by atoms with Gasteiger partial charge in [0.05, 0.1) is 17.5 Å². The number of nitrogens with one attached hydrogen (secondary N) is 1. The first-order valence-corrected chi connectivity index (χ1v) is 6.67. The van der Waals surface area contributed by atoms with Gasteiger partial charge in [0, 0.05) is 42.8 Å². The average molecular weight is 267 g/mol. The third kappa shape index (κ3) is 2.56. The molecule has 0 aliphatic carbocycles. The lowest BCUT2D eigenvalue weighted by Crippen LogP contribution is -2.06. The van der Waals surface area contributed by atoms with E-state index in [0.717, 1.165) is 36.1 Å². The van der Waals surface area contributed by atoms with Gasteiger partial charge in [-0.1, -0.05) is 12.1 Å². The van der Waals surface area contributed by atoms with E-state index in [9.17, 15) is 0 Å². The van der Waals surface area contributed by atoms with Crippen molar-refractivity contribution in [3.8, 4) is 0 Å². The molecule has 102 valence electrons. The Bertz CT molecular complexity index is 691. The van der Waals surface area contributed by atoms with E-state index < -0.39 is 0 Å². The van der Waals surface area contributed by atoms with Crippen LogP contribution in [0, 0.1) is 0 Å². The smallest absolute Gasteiger partial charge is 0.0951 e. The van der Waals surface area contributed by atoms with Crippen LogP contribution in [0.1, 0.15) is 6.42 Å². The van der Waals surface area contributed by atoms with Crippen LogP contribution < -0.4 is 11.1 Å². The highest BCUT2D eigenvalue weighted by atomic mass is 15.0. The third-order valence-electron chi connectivity index (χ3n) is 3.27. The van der Waals surface area contributed by atoms with Crippen LogP contribution in [0.15, 0.2) is 49.2 Å². The van der Waals surface area contributed by atoms with E-state index in [4.69, 9.17) is 5.73 Å². The van der Waals surface area contributed by atoms with Gasteiger partial charge < -0.3 is 15.6 Å². The maximum atomic E-state index is 5.94. The molecule has 3 N–H and O–H groups in total. The number of aromatic nitrogens is 3. The van der Waals surface area contributed by atoms with E-state index in [1.165, 1.54) is 0 Å². The van der Waals surface area contributed by atoms with Gasteiger partial charge >= 0.3 is 0 Å². The normalized spacial score (nSPS) is 10.8. The van der Waals surface area contributed by atoms with Crippen molar-refractivity contribution in [1.29, 1.82) is 0 Å². The molecule has 0 atom stereocenters. The van der Waals surface area contributed by atoms with Gasteiger partial charge in [-0.15, -0.1) is 0 Å². The molecule has 1 aromatic carbocycles. The van der Waals surface area contributed by atoms with Gasteiger partial charge in [-0.2, -0.15) is 0 Å². The van der Waals surface area contributed by atoms with Crippen LogP contribution in [0.25, 0.3) is 10.9 Å². The summed E-state index contributed by atoms with van der Waals surface area (Å²) in [6.07, 6.45) is 8.43. The van der Waals surface area contributed by atoms with Crippen molar-refractivity contribution in [2.45, 2.75) is 13.0 Å². The van der Waals surface area contributed by atoms with Crippen molar-refractivity contribution in [3.05, 3.63) is 49.2 Å². The Hall–Kier alpha value is -2.56. The van der Waals surface area contributed by atoms with Crippen molar-refractivity contribution >= 4 is 22.3 Å². The Kier molecular flexibility index (Phi) is 3.50. The number of rotatable bonds is 5. The molecule has 0 radical (unpaired) electrons. The molecule has 0 spiro atoms. The Morgan fingerprint density at radius 2 is 2.15 bits per heavy atom. The van der Waals surface area contributed by atoms with Gasteiger partial charge in [-0.3, -0.25) is 4.98 Å². The number of benzene rings is 1. The maximum Gasteiger partial charge on any atom is 0.0951 e. The van der Waals surface area contributed by atoms with Crippen molar-refractivity contribution in [3.63, 3.8) is 0 Å². The fourth-order valence-corrected chi connectivity index (χ4v) is 2.26. The molecular formula is C15H17N5. The van der Waals surface area contributed by atoms with Crippen LogP contribution in [0.5, 0.6) is 0 Å². The zero-order valence-electron chi connectivity index (χ0n) is 11.2. The summed E-state index contributed by atoms with van der Waals surface area (Å²) < 4.78 is 2.07. The molecular weight excluding hydrogens is 250 g/mol. The summed E-state index contributed by atoms with van der Waals surface area (Å²) in [6, 6.07) is 7.85. The Morgan fingerprint density at radius 3 is 3.00 bits per heavy atom. The third-order valence-corrected chi connectivity index (χ3v) is 3.27. The zero-order chi connectivity index (χ0) is 13.8. The molecule has 2 aromatic heterocycles. The Balaban J connectivity index is 1.67. The van der Waals surface area contributed by atoms with Gasteiger partial charge in [0.2, 0.25) is 0 Å². The van der Waals surface area contributed by atoms with Crippen LogP contribution in [0.2, 0.25) is 0 Å². The molecule has 5 nitrogen and oxygen atoms in total. The van der Waals surface area contributed by atoms with E-state index >= 15 is 0 Å². The summed E-state index contributed by atoms with van der Waals surface area (Å²) in [6.45, 7) is 1.85. The second-order valence-corrected chi connectivity index (χ2v) is 4.68. The number of hydrogen-bond donors (Lipinski definition) is 2. The molecule has 0 saturated heterocycles. The number of anilines is 2. The number of nitrogens with two attached hydrogens (primary N) is 1. The van der Waals surface area contributed by atoms with Crippen LogP contribution in [0.3, 0.4) is 0 Å². The summed E-state index contributed by atoms with van der Waals surface area (Å²) in [5.41, 5.74) is 8.59. The lowest BCUT2D eigenvalue weighted by atomic mass is 10.1. The number of imidazole rings is 1. The van der Waals surface area contributed by atoms with Crippen molar-refractivity contribution in [2.75, 3.05) is 17.6 Å². The number of fused-ring (bicyclic) bond motifs is 1. The molecule has 20 heavy (non-hydrogen) atoms. The highest BCUT2D eigenvalue weighted by molar-refractivity contribution is 5.97. The lowest BCUT2D eigenvalue weighted by Gasteiger charge is -2.10. The van der Waals surface area contributed by atoms with Crippen LogP contribution in [0.4, 0.5) is 11.4 Å². The molecule has 3 rings (SSSR count). The van der Waals surface area contributed by atoms with Crippen LogP contribution in [-0.2, 0) is 6.54 Å². The van der Waals surface area contributed by atoms with Gasteiger partial charge in [0.1, 0.15) is 0 Å². The molecule has 0 aliphatic heterocycles. The topological polar surface area (TPSA) is 68.8 Å². The highest BCUT2D eigenvalue weighted by Crippen LogP contribution is 2.25. The van der Waals surface area contributed by atoms with Gasteiger partial charge in [0.15, 0.2) is 0 Å². The standard InChI is InChI=1S/C15H17N5/c16-13-4-1-3-12-14(5-7-19-15(12)13)18-6-2-9-20-10-8-17-11-20/h1,3-5,7-8,10-11H,2,6,9,16H2,(H,18,19). The van der Waals surface area contributed by atoms with Crippen molar-refractivity contribution in [1.82, 2.24) is 14.5 Å². The number of nitrogen functional groups attached to an aromatic ring is 1. The van der Waals surface area contributed by atoms with Crippen molar-refractivity contribution < 1.29 is 0 Å². The zero-order valence-corrected chi connectivity index (χ0v) is 11.2. The molecule has 2 heterocycles. The average Bonchev–Trinajstić information content (AvgIpc) is 2.98. The minimum absolute atomic E-state index is 0.713. The second-order valence-electron chi connectivity index (χ2n) is 4.68. The van der Waals surface area contributed by atoms with Gasteiger partial charge in [0.25, 0.3) is 0 Å². The summed E-state index contributed by atoms with van der Waals surface area (Å²) in [4.78, 5) is 8.36. The molecule has 5 heteroatoms. The molecule has 3 aromatic rings. The molecule has 0 fully saturated rings. The largest absolute Gasteiger partial charge is 0.397 e. The minimum atomic E-state index is 0.713. The number of nitrogens with zero attached hydrogens (tertiary/aromatic N) is 3. The molecule has 0 saturated carbocycles. The quantitative estimate of drug-likeness (QED) is 0.550.